The van der Waals surface area contributed by atoms with Crippen molar-refractivity contribution in [2.45, 2.75) is 36.7 Å². The number of nitrogens with zero attached hydrogens (tertiary/aromatic N) is 1. The van der Waals surface area contributed by atoms with E-state index in [1.807, 2.05) is 0 Å². The lowest BCUT2D eigenvalue weighted by Gasteiger charge is -2.33. The van der Waals surface area contributed by atoms with Gasteiger partial charge in [0.25, 0.3) is 0 Å². The summed E-state index contributed by atoms with van der Waals surface area (Å²) >= 11 is 5.84. The lowest BCUT2D eigenvalue weighted by atomic mass is 10.0. The maximum absolute atomic E-state index is 13.3. The molecule has 3 rings (SSSR count). The minimum Gasteiger partial charge on any atom is -0.351 e. The molecular weight excluding hydrogens is 391 g/mol. The van der Waals surface area contributed by atoms with Crippen LogP contribution in [0.1, 0.15) is 24.8 Å². The first kappa shape index (κ1) is 19.8. The molecule has 0 aromatic heterocycles. The first-order valence-corrected chi connectivity index (χ1v) is 10.5. The van der Waals surface area contributed by atoms with Gasteiger partial charge >= 0.3 is 0 Å². The Morgan fingerprint density at radius 2 is 1.93 bits per heavy atom. The summed E-state index contributed by atoms with van der Waals surface area (Å²) < 4.78 is 40.5. The first-order chi connectivity index (χ1) is 12.9. The zero-order chi connectivity index (χ0) is 19.4. The molecule has 0 spiro atoms. The number of hydrogen-bond acceptors (Lipinski definition) is 3. The van der Waals surface area contributed by atoms with Gasteiger partial charge in [0.05, 0.1) is 4.90 Å². The summed E-state index contributed by atoms with van der Waals surface area (Å²) in [5, 5.41) is 3.17. The lowest BCUT2D eigenvalue weighted by molar-refractivity contribution is -0.125. The zero-order valence-corrected chi connectivity index (χ0v) is 16.1. The van der Waals surface area contributed by atoms with E-state index in [1.165, 1.54) is 40.7 Å². The van der Waals surface area contributed by atoms with Crippen LogP contribution in [0, 0.1) is 5.82 Å². The van der Waals surface area contributed by atoms with Crippen molar-refractivity contribution in [2.75, 3.05) is 6.54 Å². The van der Waals surface area contributed by atoms with Gasteiger partial charge in [0.2, 0.25) is 15.9 Å². The van der Waals surface area contributed by atoms with Crippen molar-refractivity contribution in [3.05, 3.63) is 64.9 Å². The van der Waals surface area contributed by atoms with Crippen LogP contribution in [0.3, 0.4) is 0 Å². The number of sulfonamides is 1. The van der Waals surface area contributed by atoms with Gasteiger partial charge in [-0.15, -0.1) is 0 Å². The number of piperidine rings is 1. The molecule has 27 heavy (non-hydrogen) atoms. The van der Waals surface area contributed by atoms with E-state index >= 15 is 0 Å². The van der Waals surface area contributed by atoms with Crippen LogP contribution in [0.25, 0.3) is 0 Å². The molecule has 5 nitrogen and oxygen atoms in total. The van der Waals surface area contributed by atoms with Gasteiger partial charge in [-0.1, -0.05) is 30.2 Å². The predicted molar refractivity (Wildman–Crippen MR) is 101 cm³/mol. The Morgan fingerprint density at radius 1 is 1.19 bits per heavy atom. The van der Waals surface area contributed by atoms with Crippen molar-refractivity contribution in [1.29, 1.82) is 0 Å². The van der Waals surface area contributed by atoms with Crippen LogP contribution >= 0.6 is 11.6 Å². The highest BCUT2D eigenvalue weighted by Crippen LogP contribution is 2.26. The molecule has 0 bridgehead atoms. The Bertz CT molecular complexity index is 919. The first-order valence-electron chi connectivity index (χ1n) is 8.67. The van der Waals surface area contributed by atoms with Gasteiger partial charge in [-0.05, 0) is 54.8 Å². The fraction of sp³-hybridized carbons (Fsp3) is 0.316. The monoisotopic (exact) mass is 410 g/mol. The van der Waals surface area contributed by atoms with Crippen LogP contribution in [0.2, 0.25) is 5.02 Å². The molecule has 0 saturated carbocycles. The van der Waals surface area contributed by atoms with E-state index < -0.39 is 16.1 Å². The molecule has 2 aromatic carbocycles. The Hall–Kier alpha value is -1.96. The fourth-order valence-electron chi connectivity index (χ4n) is 3.15. The van der Waals surface area contributed by atoms with Crippen LogP contribution in [0.5, 0.6) is 0 Å². The number of carbonyl (C=O) groups excluding carboxylic acids is 1. The molecular formula is C19H20ClFN2O3S. The van der Waals surface area contributed by atoms with E-state index in [9.17, 15) is 17.6 Å². The summed E-state index contributed by atoms with van der Waals surface area (Å²) in [6.07, 6.45) is 1.91. The second-order valence-electron chi connectivity index (χ2n) is 6.43. The van der Waals surface area contributed by atoms with Gasteiger partial charge in [0.15, 0.2) is 0 Å². The molecule has 0 radical (unpaired) electrons. The Balaban J connectivity index is 1.76. The zero-order valence-electron chi connectivity index (χ0n) is 14.6. The summed E-state index contributed by atoms with van der Waals surface area (Å²) in [4.78, 5) is 12.8. The van der Waals surface area contributed by atoms with E-state index in [-0.39, 0.29) is 29.7 Å². The quantitative estimate of drug-likeness (QED) is 0.822. The number of halogens is 2. The molecule has 2 aromatic rings. The topological polar surface area (TPSA) is 66.5 Å². The summed E-state index contributed by atoms with van der Waals surface area (Å²) in [5.41, 5.74) is 0.617. The van der Waals surface area contributed by atoms with Gasteiger partial charge in [-0.3, -0.25) is 4.79 Å². The molecule has 1 unspecified atom stereocenters. The van der Waals surface area contributed by atoms with Gasteiger partial charge in [0.1, 0.15) is 11.9 Å². The third-order valence-corrected chi connectivity index (χ3v) is 6.71. The largest absolute Gasteiger partial charge is 0.351 e. The summed E-state index contributed by atoms with van der Waals surface area (Å²) in [6, 6.07) is 11.0. The van der Waals surface area contributed by atoms with Crippen LogP contribution in [-0.4, -0.2) is 31.2 Å². The number of hydrogen-bond donors (Lipinski definition) is 1. The summed E-state index contributed by atoms with van der Waals surface area (Å²) in [7, 11) is -3.81. The van der Waals surface area contributed by atoms with Crippen LogP contribution in [-0.2, 0) is 21.4 Å². The average Bonchev–Trinajstić information content (AvgIpc) is 2.66. The second kappa shape index (κ2) is 8.37. The smallest absolute Gasteiger partial charge is 0.243 e. The SMILES string of the molecule is O=C(NCc1cccc(F)c1)C1CCCCN1S(=O)(=O)c1ccc(Cl)cc1. The minimum absolute atomic E-state index is 0.108. The fourth-order valence-corrected chi connectivity index (χ4v) is 4.93. The number of amides is 1. The van der Waals surface area contributed by atoms with Gasteiger partial charge in [0, 0.05) is 18.1 Å². The molecule has 1 aliphatic heterocycles. The van der Waals surface area contributed by atoms with Crippen molar-refractivity contribution in [3.8, 4) is 0 Å². The molecule has 0 aliphatic carbocycles. The average molecular weight is 411 g/mol. The van der Waals surface area contributed by atoms with E-state index in [4.69, 9.17) is 11.6 Å². The van der Waals surface area contributed by atoms with Crippen molar-refractivity contribution in [1.82, 2.24) is 9.62 Å². The number of carbonyl (C=O) groups is 1. The predicted octanol–water partition coefficient (Wildman–Crippen LogP) is 3.34. The third kappa shape index (κ3) is 4.66. The molecule has 1 aliphatic rings. The molecule has 1 amide bonds. The lowest BCUT2D eigenvalue weighted by Crippen LogP contribution is -2.51. The molecule has 1 atom stereocenters. The second-order valence-corrected chi connectivity index (χ2v) is 8.76. The van der Waals surface area contributed by atoms with Crippen molar-refractivity contribution < 1.29 is 17.6 Å². The summed E-state index contributed by atoms with van der Waals surface area (Å²) in [6.45, 7) is 0.422. The van der Waals surface area contributed by atoms with Crippen molar-refractivity contribution in [3.63, 3.8) is 0 Å². The highest BCUT2D eigenvalue weighted by atomic mass is 35.5. The third-order valence-electron chi connectivity index (χ3n) is 4.53. The summed E-state index contributed by atoms with van der Waals surface area (Å²) in [5.74, 6) is -0.761. The minimum atomic E-state index is -3.81. The number of nitrogens with one attached hydrogen (secondary N) is 1. The Labute approximate surface area is 163 Å². The Kier molecular flexibility index (Phi) is 6.14. The van der Waals surface area contributed by atoms with E-state index in [1.54, 1.807) is 12.1 Å². The van der Waals surface area contributed by atoms with E-state index in [2.05, 4.69) is 5.32 Å². The number of rotatable bonds is 5. The van der Waals surface area contributed by atoms with Crippen LogP contribution < -0.4 is 5.32 Å². The molecule has 1 saturated heterocycles. The number of benzene rings is 2. The van der Waals surface area contributed by atoms with Gasteiger partial charge in [-0.2, -0.15) is 4.31 Å². The van der Waals surface area contributed by atoms with Crippen molar-refractivity contribution >= 4 is 27.5 Å². The standard InChI is InChI=1S/C19H20ClFN2O3S/c20-15-7-9-17(10-8-15)27(25,26)23-11-2-1-6-18(23)19(24)22-13-14-4-3-5-16(21)12-14/h3-5,7-10,12,18H,1-2,6,11,13H2,(H,22,24). The van der Waals surface area contributed by atoms with Crippen LogP contribution in [0.4, 0.5) is 4.39 Å². The van der Waals surface area contributed by atoms with E-state index in [0.717, 1.165) is 6.42 Å². The molecule has 1 fully saturated rings. The molecule has 1 heterocycles. The molecule has 8 heteroatoms. The maximum Gasteiger partial charge on any atom is 0.243 e. The normalized spacial score (nSPS) is 18.2. The highest BCUT2D eigenvalue weighted by molar-refractivity contribution is 7.89. The van der Waals surface area contributed by atoms with Crippen LogP contribution in [0.15, 0.2) is 53.4 Å². The van der Waals surface area contributed by atoms with Gasteiger partial charge < -0.3 is 5.32 Å². The maximum atomic E-state index is 13.3. The molecule has 1 N–H and O–H groups in total. The van der Waals surface area contributed by atoms with Gasteiger partial charge in [-0.25, -0.2) is 12.8 Å². The van der Waals surface area contributed by atoms with E-state index in [0.29, 0.717) is 23.4 Å². The van der Waals surface area contributed by atoms with Crippen molar-refractivity contribution in [2.24, 2.45) is 0 Å². The molecule has 144 valence electrons. The highest BCUT2D eigenvalue weighted by Gasteiger charge is 2.37. The Morgan fingerprint density at radius 3 is 2.63 bits per heavy atom.